The number of nitrogens with zero attached hydrogens (tertiary/aromatic N) is 5. The standard InChI is InChI=1S/C25H32ClNO4.C24H30ClNO4.C23H29ClN2O3.C21H24ClNO3.C21H26ClNO2/c1-24(2,3)31-23(29)25(13-16-30-20-7-5-4-6-8-20)11-14-27(15-12-25)18-19-9-10-22(28)21(26)17-19;1-18(2)30-23(28)24(12-15-29-20-6-4-3-5-7-20)10-13-26(14-11-24)17-19-8-9-22(27)21(25)16-19;1-2-25-22(28)23(12-15-29-19-6-4-3-5-7-19)10-13-26(14-11-23)17-18-8-9-21(27)20(24)16-18;1-21(11-14-26-17-5-3-2-4-6-17)9-12-23(13-10-21)20(25)16-7-8-19(24)18(22)15-16;1-21(11-14-25-18-5-3-2-4-6-18)9-12-23(13-10-21)16-17-7-8-20(24)19(22)15-17/h4-10,17,28H,11-16,18H2,1-3H3;3-9,16,18,27H,10-15,17H2,1-2H3;3-9,16,27H,2,10-15,17H2,1H3,(H,25,28);2-8,15,24H,9-14H2,1H3;2-8,15,24H,9-14,16H2,1H3. The summed E-state index contributed by atoms with van der Waals surface area (Å²) in [5.41, 5.74) is 3.34. The molecule has 5 heterocycles. The van der Waals surface area contributed by atoms with E-state index >= 15 is 0 Å². The van der Waals surface area contributed by atoms with Crippen molar-refractivity contribution in [2.45, 2.75) is 190 Å². The van der Waals surface area contributed by atoms with E-state index in [-0.39, 0.29) is 69.0 Å². The fraction of sp³-hybridized carbons (Fsp3) is 0.439. The van der Waals surface area contributed by atoms with Crippen LogP contribution in [0.25, 0.3) is 0 Å². The van der Waals surface area contributed by atoms with Crippen LogP contribution in [0.3, 0.4) is 0 Å². The maximum Gasteiger partial charge on any atom is 0.312 e. The summed E-state index contributed by atoms with van der Waals surface area (Å²) in [4.78, 5) is 62.9. The molecule has 10 aromatic carbocycles. The second kappa shape index (κ2) is 54.2. The van der Waals surface area contributed by atoms with E-state index in [9.17, 15) is 44.7 Å². The van der Waals surface area contributed by atoms with Crippen LogP contribution < -0.4 is 29.0 Å². The highest BCUT2D eigenvalue weighted by Crippen LogP contribution is 2.44. The summed E-state index contributed by atoms with van der Waals surface area (Å²) in [5.74, 6) is 4.56. The average Bonchev–Trinajstić information content (AvgIpc) is 0.778. The first-order chi connectivity index (χ1) is 67.6. The highest BCUT2D eigenvalue weighted by atomic mass is 35.5. The van der Waals surface area contributed by atoms with Gasteiger partial charge in [-0.2, -0.15) is 0 Å². The molecule has 758 valence electrons. The molecule has 0 aliphatic carbocycles. The highest BCUT2D eigenvalue weighted by Gasteiger charge is 2.46. The van der Waals surface area contributed by atoms with Gasteiger partial charge in [0, 0.05) is 51.4 Å². The first kappa shape index (κ1) is 111. The van der Waals surface area contributed by atoms with Gasteiger partial charge in [-0.3, -0.25) is 38.8 Å². The van der Waals surface area contributed by atoms with Crippen LogP contribution in [0.5, 0.6) is 57.5 Å². The molecule has 10 aromatic rings. The van der Waals surface area contributed by atoms with Crippen molar-refractivity contribution >= 4 is 81.8 Å². The maximum atomic E-state index is 13.2. The van der Waals surface area contributed by atoms with Gasteiger partial charge in [0.05, 0.1) is 80.5 Å². The van der Waals surface area contributed by atoms with Crippen molar-refractivity contribution in [2.24, 2.45) is 27.1 Å². The molecule has 27 heteroatoms. The number of amides is 2. The van der Waals surface area contributed by atoms with E-state index in [0.717, 1.165) is 201 Å². The Morgan fingerprint density at radius 2 is 0.610 bits per heavy atom. The van der Waals surface area contributed by atoms with Crippen LogP contribution in [-0.2, 0) is 50.0 Å². The predicted molar refractivity (Wildman–Crippen MR) is 561 cm³/mol. The van der Waals surface area contributed by atoms with Crippen LogP contribution in [-0.4, -0.2) is 191 Å². The third-order valence-electron chi connectivity index (χ3n) is 27.3. The Hall–Kier alpha value is -10.6. The number of carbonyl (C=O) groups excluding carboxylic acids is 4. The zero-order chi connectivity index (χ0) is 101. The quantitative estimate of drug-likeness (QED) is 0.0205. The average molecular weight is 2030 g/mol. The van der Waals surface area contributed by atoms with Gasteiger partial charge < -0.3 is 68.9 Å². The maximum absolute atomic E-state index is 13.2. The molecule has 5 aliphatic heterocycles. The molecular weight excluding hydrogens is 1890 g/mol. The van der Waals surface area contributed by atoms with Crippen molar-refractivity contribution in [1.82, 2.24) is 29.8 Å². The molecule has 0 saturated carbocycles. The van der Waals surface area contributed by atoms with Crippen LogP contribution in [0.2, 0.25) is 25.1 Å². The molecule has 22 nitrogen and oxygen atoms in total. The number of benzene rings is 10. The fourth-order valence-corrected chi connectivity index (χ4v) is 19.1. The lowest BCUT2D eigenvalue weighted by Crippen LogP contribution is -2.49. The van der Waals surface area contributed by atoms with E-state index in [2.05, 4.69) is 38.8 Å². The molecule has 0 spiro atoms. The normalized spacial score (nSPS) is 16.6. The second-order valence-corrected chi connectivity index (χ2v) is 41.6. The lowest BCUT2D eigenvalue weighted by atomic mass is 9.75. The first-order valence-electron chi connectivity index (χ1n) is 49.3. The Balaban J connectivity index is 0.000000169. The number of likely N-dealkylation sites (tertiary alicyclic amines) is 5. The Kier molecular flexibility index (Phi) is 42.5. The van der Waals surface area contributed by atoms with Gasteiger partial charge in [0.25, 0.3) is 5.91 Å². The van der Waals surface area contributed by atoms with E-state index in [1.807, 2.05) is 228 Å². The van der Waals surface area contributed by atoms with Crippen LogP contribution >= 0.6 is 58.0 Å². The number of phenols is 5. The Morgan fingerprint density at radius 3 is 0.894 bits per heavy atom. The van der Waals surface area contributed by atoms with E-state index in [1.165, 1.54) is 25.0 Å². The third-order valence-corrected chi connectivity index (χ3v) is 28.8. The van der Waals surface area contributed by atoms with Gasteiger partial charge >= 0.3 is 11.9 Å². The molecule has 0 atom stereocenters. The van der Waals surface area contributed by atoms with Gasteiger partial charge in [-0.25, -0.2) is 0 Å². The van der Waals surface area contributed by atoms with Crippen molar-refractivity contribution in [2.75, 3.05) is 105 Å². The lowest BCUT2D eigenvalue weighted by Gasteiger charge is -2.41. The third kappa shape index (κ3) is 35.4. The zero-order valence-electron chi connectivity index (χ0n) is 82.8. The van der Waals surface area contributed by atoms with Gasteiger partial charge in [0.1, 0.15) is 63.1 Å². The molecule has 15 rings (SSSR count). The predicted octanol–water partition coefficient (Wildman–Crippen LogP) is 24.6. The largest absolute Gasteiger partial charge is 0.506 e. The van der Waals surface area contributed by atoms with Crippen molar-refractivity contribution in [1.29, 1.82) is 0 Å². The van der Waals surface area contributed by atoms with E-state index < -0.39 is 21.8 Å². The Labute approximate surface area is 858 Å². The lowest BCUT2D eigenvalue weighted by molar-refractivity contribution is -0.172. The first-order valence-corrected chi connectivity index (χ1v) is 51.2. The summed E-state index contributed by atoms with van der Waals surface area (Å²) in [5, 5.41) is 52.6. The summed E-state index contributed by atoms with van der Waals surface area (Å²) in [6.07, 6.45) is 12.6. The molecule has 0 radical (unpaired) electrons. The highest BCUT2D eigenvalue weighted by molar-refractivity contribution is 6.33. The van der Waals surface area contributed by atoms with Crippen LogP contribution in [0.1, 0.15) is 184 Å². The van der Waals surface area contributed by atoms with Crippen LogP contribution in [0.15, 0.2) is 243 Å². The van der Waals surface area contributed by atoms with Crippen molar-refractivity contribution in [3.63, 3.8) is 0 Å². The van der Waals surface area contributed by atoms with E-state index in [4.69, 9.17) is 91.2 Å². The Bertz CT molecular complexity index is 5520. The molecule has 5 saturated heterocycles. The molecule has 5 aliphatic rings. The summed E-state index contributed by atoms with van der Waals surface area (Å²) in [6, 6.07) is 74.9. The monoisotopic (exact) mass is 2020 g/mol. The molecule has 0 bridgehead atoms. The van der Waals surface area contributed by atoms with E-state index in [0.29, 0.717) is 96.1 Å². The molecule has 0 unspecified atom stereocenters. The van der Waals surface area contributed by atoms with Crippen molar-refractivity contribution < 1.29 is 77.9 Å². The van der Waals surface area contributed by atoms with Crippen LogP contribution in [0, 0.1) is 27.1 Å². The number of para-hydroxylation sites is 5. The number of ether oxygens (including phenoxy) is 7. The number of rotatable bonds is 34. The number of carbonyl (C=O) groups is 4. The second-order valence-electron chi connectivity index (χ2n) is 39.5. The van der Waals surface area contributed by atoms with Gasteiger partial charge in [0.2, 0.25) is 5.91 Å². The Morgan fingerprint density at radius 1 is 0.348 bits per heavy atom. The summed E-state index contributed by atoms with van der Waals surface area (Å²) in [6.45, 7) is 31.2. The topological polar surface area (TPSA) is 262 Å². The number of piperidine rings is 5. The van der Waals surface area contributed by atoms with Gasteiger partial charge in [0.15, 0.2) is 0 Å². The fourth-order valence-electron chi connectivity index (χ4n) is 18.2. The molecule has 141 heavy (non-hydrogen) atoms. The van der Waals surface area contributed by atoms with Gasteiger partial charge in [-0.15, -0.1) is 0 Å². The summed E-state index contributed by atoms with van der Waals surface area (Å²) >= 11 is 30.0. The zero-order valence-corrected chi connectivity index (χ0v) is 86.6. The molecule has 6 N–H and O–H groups in total. The summed E-state index contributed by atoms with van der Waals surface area (Å²) < 4.78 is 40.8. The molecular formula is C114H141Cl5N6O16. The minimum absolute atomic E-state index is 0.00662. The molecule has 0 aromatic heterocycles. The minimum Gasteiger partial charge on any atom is -0.506 e. The number of aromatic hydroxyl groups is 5. The van der Waals surface area contributed by atoms with Crippen molar-refractivity contribution in [3.8, 4) is 57.5 Å². The van der Waals surface area contributed by atoms with Crippen LogP contribution in [0.4, 0.5) is 0 Å². The SMILES string of the molecule is CC(C)(C)OC(=O)C1(CCOc2ccccc2)CCN(Cc2ccc(O)c(Cl)c2)CC1.CC(C)OC(=O)C1(CCOc2ccccc2)CCN(Cc2ccc(O)c(Cl)c2)CC1.CC1(CCOc2ccccc2)CCN(C(=O)c2ccc(O)c(Cl)c2)CC1.CC1(CCOc2ccccc2)CCN(Cc2ccc(O)c(Cl)c2)CC1.CCNC(=O)C1(CCOc2ccccc2)CCN(Cc2ccc(O)c(Cl)c2)CC1. The number of hydrogen-bond donors (Lipinski definition) is 6. The number of nitrogens with one attached hydrogen (secondary N) is 1. The number of hydrogen-bond acceptors (Lipinski definition) is 20. The number of esters is 2. The van der Waals surface area contributed by atoms with E-state index in [1.54, 1.807) is 48.5 Å². The minimum atomic E-state index is -0.550. The van der Waals surface area contributed by atoms with Gasteiger partial charge in [-0.05, 0) is 351 Å². The number of halogens is 5. The number of phenolic OH excluding ortho intramolecular Hbond substituents is 5. The van der Waals surface area contributed by atoms with Gasteiger partial charge in [-0.1, -0.05) is 187 Å². The van der Waals surface area contributed by atoms with Crippen molar-refractivity contribution in [3.05, 3.63) is 296 Å². The summed E-state index contributed by atoms with van der Waals surface area (Å²) in [7, 11) is 0. The smallest absolute Gasteiger partial charge is 0.312 e. The molecule has 5 fully saturated rings. The molecule has 2 amide bonds.